The van der Waals surface area contributed by atoms with E-state index in [1.807, 2.05) is 0 Å². The van der Waals surface area contributed by atoms with Gasteiger partial charge in [0.25, 0.3) is 0 Å². The first-order chi connectivity index (χ1) is 8.66. The zero-order valence-electron chi connectivity index (χ0n) is 10.4. The van der Waals surface area contributed by atoms with Crippen LogP contribution in [0.4, 0.5) is 5.95 Å². The number of carbonyl (C=O) groups is 1. The highest BCUT2D eigenvalue weighted by Crippen LogP contribution is 2.32. The Morgan fingerprint density at radius 2 is 2.22 bits per heavy atom. The molecule has 1 aliphatic carbocycles. The molecule has 0 saturated heterocycles. The van der Waals surface area contributed by atoms with Gasteiger partial charge in [-0.05, 0) is 24.8 Å². The van der Waals surface area contributed by atoms with Crippen LogP contribution in [-0.2, 0) is 4.79 Å². The summed E-state index contributed by atoms with van der Waals surface area (Å²) in [5, 5.41) is 12.4. The van der Waals surface area contributed by atoms with Gasteiger partial charge >= 0.3 is 0 Å². The molecule has 1 fully saturated rings. The second-order valence-electron chi connectivity index (χ2n) is 4.61. The molecule has 2 rings (SSSR count). The first-order valence-electron chi connectivity index (χ1n) is 6.09. The number of hydrogen-bond donors (Lipinski definition) is 2. The first kappa shape index (κ1) is 12.8. The standard InChI is InChI=1S/C12H18N4O2/c1-16(12-13-5-2-6-14-12)8-11(18)15-7-10(17)9-3-4-9/h2,5-6,9-10,17H,3-4,7-8H2,1H3,(H,15,18). The lowest BCUT2D eigenvalue weighted by molar-refractivity contribution is -0.120. The second-order valence-corrected chi connectivity index (χ2v) is 4.61. The molecule has 1 aromatic rings. The Kier molecular flexibility index (Phi) is 4.09. The SMILES string of the molecule is CN(CC(=O)NCC(O)C1CC1)c1ncccn1. The molecule has 1 aliphatic rings. The molecule has 98 valence electrons. The van der Waals surface area contributed by atoms with Crippen LogP contribution in [-0.4, -0.2) is 47.2 Å². The fourth-order valence-corrected chi connectivity index (χ4v) is 1.70. The Balaban J connectivity index is 1.73. The minimum Gasteiger partial charge on any atom is -0.391 e. The molecule has 1 aromatic heterocycles. The summed E-state index contributed by atoms with van der Waals surface area (Å²) in [6, 6.07) is 1.73. The summed E-state index contributed by atoms with van der Waals surface area (Å²) in [6.45, 7) is 0.508. The molecular formula is C12H18N4O2. The minimum absolute atomic E-state index is 0.135. The molecule has 6 heteroatoms. The van der Waals surface area contributed by atoms with Crippen molar-refractivity contribution in [1.82, 2.24) is 15.3 Å². The lowest BCUT2D eigenvalue weighted by Crippen LogP contribution is -2.39. The van der Waals surface area contributed by atoms with E-state index in [9.17, 15) is 9.90 Å². The Bertz CT molecular complexity index is 394. The summed E-state index contributed by atoms with van der Waals surface area (Å²) in [4.78, 5) is 21.4. The third kappa shape index (κ3) is 3.66. The maximum absolute atomic E-state index is 11.7. The highest BCUT2D eigenvalue weighted by atomic mass is 16.3. The van der Waals surface area contributed by atoms with E-state index in [4.69, 9.17) is 0 Å². The number of aliphatic hydroxyl groups is 1. The van der Waals surface area contributed by atoms with Crippen LogP contribution < -0.4 is 10.2 Å². The number of carbonyl (C=O) groups excluding carboxylic acids is 1. The van der Waals surface area contributed by atoms with E-state index in [0.29, 0.717) is 18.4 Å². The quantitative estimate of drug-likeness (QED) is 0.731. The number of amides is 1. The third-order valence-corrected chi connectivity index (χ3v) is 2.95. The number of likely N-dealkylation sites (N-methyl/N-ethyl adjacent to an activating group) is 1. The van der Waals surface area contributed by atoms with E-state index in [0.717, 1.165) is 12.8 Å². The summed E-state index contributed by atoms with van der Waals surface area (Å²) in [6.07, 6.45) is 4.98. The average Bonchev–Trinajstić information content (AvgIpc) is 3.21. The van der Waals surface area contributed by atoms with Crippen LogP contribution in [0.2, 0.25) is 0 Å². The summed E-state index contributed by atoms with van der Waals surface area (Å²) in [7, 11) is 1.76. The van der Waals surface area contributed by atoms with Gasteiger partial charge in [-0.3, -0.25) is 4.79 Å². The van der Waals surface area contributed by atoms with Crippen LogP contribution >= 0.6 is 0 Å². The lowest BCUT2D eigenvalue weighted by Gasteiger charge is -2.17. The van der Waals surface area contributed by atoms with Crippen molar-refractivity contribution in [3.63, 3.8) is 0 Å². The van der Waals surface area contributed by atoms with E-state index < -0.39 is 6.10 Å². The summed E-state index contributed by atoms with van der Waals surface area (Å²) in [5.74, 6) is 0.750. The molecule has 1 atom stereocenters. The Hall–Kier alpha value is -1.69. The number of nitrogens with one attached hydrogen (secondary N) is 1. The zero-order chi connectivity index (χ0) is 13.0. The Morgan fingerprint density at radius 1 is 1.56 bits per heavy atom. The second kappa shape index (κ2) is 5.77. The zero-order valence-corrected chi connectivity index (χ0v) is 10.4. The molecule has 0 bridgehead atoms. The van der Waals surface area contributed by atoms with Gasteiger partial charge in [0.15, 0.2) is 0 Å². The van der Waals surface area contributed by atoms with Crippen molar-refractivity contribution in [3.8, 4) is 0 Å². The van der Waals surface area contributed by atoms with Gasteiger partial charge in [0.05, 0.1) is 12.6 Å². The van der Waals surface area contributed by atoms with E-state index in [1.54, 1.807) is 30.4 Å². The highest BCUT2D eigenvalue weighted by Gasteiger charge is 2.29. The van der Waals surface area contributed by atoms with Gasteiger partial charge in [0, 0.05) is 26.0 Å². The first-order valence-corrected chi connectivity index (χ1v) is 6.09. The molecule has 18 heavy (non-hydrogen) atoms. The predicted molar refractivity (Wildman–Crippen MR) is 67.0 cm³/mol. The fraction of sp³-hybridized carbons (Fsp3) is 0.583. The van der Waals surface area contributed by atoms with Crippen molar-refractivity contribution in [2.45, 2.75) is 18.9 Å². The number of nitrogens with zero attached hydrogens (tertiary/aromatic N) is 3. The van der Waals surface area contributed by atoms with E-state index >= 15 is 0 Å². The van der Waals surface area contributed by atoms with E-state index in [2.05, 4.69) is 15.3 Å². The van der Waals surface area contributed by atoms with Crippen molar-refractivity contribution in [1.29, 1.82) is 0 Å². The highest BCUT2D eigenvalue weighted by molar-refractivity contribution is 5.80. The molecule has 1 heterocycles. The summed E-state index contributed by atoms with van der Waals surface area (Å²) < 4.78 is 0. The molecule has 0 aromatic carbocycles. The van der Waals surface area contributed by atoms with Crippen LogP contribution in [0.15, 0.2) is 18.5 Å². The van der Waals surface area contributed by atoms with Gasteiger partial charge in [0.2, 0.25) is 11.9 Å². The van der Waals surface area contributed by atoms with Crippen molar-refractivity contribution in [3.05, 3.63) is 18.5 Å². The van der Waals surface area contributed by atoms with Crippen molar-refractivity contribution in [2.75, 3.05) is 25.0 Å². The fourth-order valence-electron chi connectivity index (χ4n) is 1.70. The molecular weight excluding hydrogens is 232 g/mol. The number of aromatic nitrogens is 2. The topological polar surface area (TPSA) is 78.4 Å². The smallest absolute Gasteiger partial charge is 0.239 e. The molecule has 1 unspecified atom stereocenters. The molecule has 0 spiro atoms. The number of aliphatic hydroxyl groups excluding tert-OH is 1. The van der Waals surface area contributed by atoms with Crippen LogP contribution in [0.25, 0.3) is 0 Å². The van der Waals surface area contributed by atoms with E-state index in [1.165, 1.54) is 0 Å². The molecule has 6 nitrogen and oxygen atoms in total. The number of anilines is 1. The van der Waals surface area contributed by atoms with Gasteiger partial charge in [-0.25, -0.2) is 9.97 Å². The van der Waals surface area contributed by atoms with Crippen molar-refractivity contribution in [2.24, 2.45) is 5.92 Å². The number of rotatable bonds is 6. The molecule has 1 saturated carbocycles. The van der Waals surface area contributed by atoms with Crippen LogP contribution in [0, 0.1) is 5.92 Å². The van der Waals surface area contributed by atoms with Crippen molar-refractivity contribution >= 4 is 11.9 Å². The van der Waals surface area contributed by atoms with Crippen LogP contribution in [0.3, 0.4) is 0 Å². The molecule has 1 amide bonds. The average molecular weight is 250 g/mol. The van der Waals surface area contributed by atoms with E-state index in [-0.39, 0.29) is 12.5 Å². The summed E-state index contributed by atoms with van der Waals surface area (Å²) >= 11 is 0. The van der Waals surface area contributed by atoms with Gasteiger partial charge in [-0.2, -0.15) is 0 Å². The molecule has 0 aliphatic heterocycles. The predicted octanol–water partition coefficient (Wildman–Crippen LogP) is -0.200. The van der Waals surface area contributed by atoms with Gasteiger partial charge in [-0.1, -0.05) is 0 Å². The normalized spacial score (nSPS) is 16.1. The summed E-state index contributed by atoms with van der Waals surface area (Å²) in [5.41, 5.74) is 0. The largest absolute Gasteiger partial charge is 0.391 e. The Morgan fingerprint density at radius 3 is 2.83 bits per heavy atom. The maximum Gasteiger partial charge on any atom is 0.239 e. The lowest BCUT2D eigenvalue weighted by atomic mass is 10.2. The molecule has 2 N–H and O–H groups in total. The minimum atomic E-state index is -0.410. The monoisotopic (exact) mass is 250 g/mol. The van der Waals surface area contributed by atoms with Gasteiger partial charge in [0.1, 0.15) is 0 Å². The van der Waals surface area contributed by atoms with Crippen LogP contribution in [0.5, 0.6) is 0 Å². The third-order valence-electron chi connectivity index (χ3n) is 2.95. The van der Waals surface area contributed by atoms with Gasteiger partial charge in [-0.15, -0.1) is 0 Å². The maximum atomic E-state index is 11.7. The van der Waals surface area contributed by atoms with Gasteiger partial charge < -0.3 is 15.3 Å². The van der Waals surface area contributed by atoms with Crippen molar-refractivity contribution < 1.29 is 9.90 Å². The van der Waals surface area contributed by atoms with Crippen LogP contribution in [0.1, 0.15) is 12.8 Å². The number of hydrogen-bond acceptors (Lipinski definition) is 5. The Labute approximate surface area is 106 Å². The molecule has 0 radical (unpaired) electrons.